The van der Waals surface area contributed by atoms with E-state index in [2.05, 4.69) is 9.99 Å². The van der Waals surface area contributed by atoms with Gasteiger partial charge in [-0.25, -0.2) is 9.65 Å². The largest absolute Gasteiger partial charge is 0.512 e. The first-order valence-electron chi connectivity index (χ1n) is 7.57. The second-order valence-electron chi connectivity index (χ2n) is 5.37. The Bertz CT molecular complexity index is 575. The number of nitrogens with zero attached hydrogens (tertiary/aromatic N) is 1. The van der Waals surface area contributed by atoms with Crippen LogP contribution in [-0.4, -0.2) is 32.1 Å². The molecule has 0 bridgehead atoms. The van der Waals surface area contributed by atoms with Crippen LogP contribution in [-0.2, 0) is 4.57 Å². The lowest BCUT2D eigenvalue weighted by Gasteiger charge is -2.21. The number of hydrogen-bond acceptors (Lipinski definition) is 4. The highest BCUT2D eigenvalue weighted by Crippen LogP contribution is 2.44. The van der Waals surface area contributed by atoms with Crippen LogP contribution < -0.4 is 14.1 Å². The average Bonchev–Trinajstić information content (AvgIpc) is 2.53. The lowest BCUT2D eigenvalue weighted by molar-refractivity contribution is 0.362. The molecule has 2 aromatic rings. The molecule has 5 nitrogen and oxygen atoms in total. The zero-order valence-corrected chi connectivity index (χ0v) is 14.4. The van der Waals surface area contributed by atoms with Gasteiger partial charge in [0.1, 0.15) is 11.5 Å². The standard InChI is InChI=1S/C17H23N2O3P/c1-19(2)15-9-14-18-23(20,21-16-10-5-3-6-11-16)22-17-12-7-4-8-13-17/h3-8,10-13H,9,14-15H2,1-2H3,(H,18,20). The van der Waals surface area contributed by atoms with Crippen LogP contribution in [0.25, 0.3) is 0 Å². The van der Waals surface area contributed by atoms with Gasteiger partial charge in [0.15, 0.2) is 0 Å². The predicted octanol–water partition coefficient (Wildman–Crippen LogP) is 3.79. The zero-order chi connectivity index (χ0) is 16.5. The predicted molar refractivity (Wildman–Crippen MR) is 92.9 cm³/mol. The monoisotopic (exact) mass is 334 g/mol. The highest BCUT2D eigenvalue weighted by Gasteiger charge is 2.27. The van der Waals surface area contributed by atoms with Gasteiger partial charge in [-0.2, -0.15) is 0 Å². The molecule has 0 aliphatic heterocycles. The summed E-state index contributed by atoms with van der Waals surface area (Å²) in [7, 11) is 0.509. The van der Waals surface area contributed by atoms with Crippen molar-refractivity contribution in [1.82, 2.24) is 9.99 Å². The van der Waals surface area contributed by atoms with Crippen molar-refractivity contribution < 1.29 is 13.6 Å². The molecule has 0 radical (unpaired) electrons. The van der Waals surface area contributed by atoms with Crippen molar-refractivity contribution in [2.45, 2.75) is 6.42 Å². The third-order valence-corrected chi connectivity index (χ3v) is 4.54. The maximum Gasteiger partial charge on any atom is 0.512 e. The number of hydrogen-bond donors (Lipinski definition) is 1. The Labute approximate surface area is 137 Å². The van der Waals surface area contributed by atoms with Crippen LogP contribution in [0, 0.1) is 0 Å². The van der Waals surface area contributed by atoms with Crippen molar-refractivity contribution in [1.29, 1.82) is 0 Å². The fourth-order valence-corrected chi connectivity index (χ4v) is 3.33. The summed E-state index contributed by atoms with van der Waals surface area (Å²) in [6, 6.07) is 18.1. The molecule has 0 amide bonds. The molecule has 0 aliphatic rings. The van der Waals surface area contributed by atoms with Crippen LogP contribution in [0.2, 0.25) is 0 Å². The molecule has 6 heteroatoms. The molecule has 2 aromatic carbocycles. The summed E-state index contributed by atoms with van der Waals surface area (Å²) in [4.78, 5) is 2.07. The number of nitrogens with one attached hydrogen (secondary N) is 1. The topological polar surface area (TPSA) is 50.8 Å². The maximum atomic E-state index is 13.0. The van der Waals surface area contributed by atoms with Crippen LogP contribution in [0.3, 0.4) is 0 Å². The van der Waals surface area contributed by atoms with Crippen molar-refractivity contribution >= 4 is 7.75 Å². The first-order valence-corrected chi connectivity index (χ1v) is 9.11. The number of rotatable bonds is 9. The Hall–Kier alpha value is -1.81. The maximum absolute atomic E-state index is 13.0. The summed E-state index contributed by atoms with van der Waals surface area (Å²) < 4.78 is 24.3. The van der Waals surface area contributed by atoms with Gasteiger partial charge in [-0.05, 0) is 51.3 Å². The van der Waals surface area contributed by atoms with Crippen molar-refractivity contribution in [2.75, 3.05) is 27.2 Å². The first kappa shape index (κ1) is 17.5. The zero-order valence-electron chi connectivity index (χ0n) is 13.5. The Morgan fingerprint density at radius 3 is 1.83 bits per heavy atom. The van der Waals surface area contributed by atoms with Gasteiger partial charge < -0.3 is 13.9 Å². The van der Waals surface area contributed by atoms with Gasteiger partial charge in [0, 0.05) is 6.54 Å². The molecule has 0 unspecified atom stereocenters. The first-order chi connectivity index (χ1) is 11.1. The Balaban J connectivity index is 2.05. The lowest BCUT2D eigenvalue weighted by Crippen LogP contribution is -2.23. The van der Waals surface area contributed by atoms with E-state index < -0.39 is 7.75 Å². The van der Waals surface area contributed by atoms with Gasteiger partial charge in [0.05, 0.1) is 0 Å². The van der Waals surface area contributed by atoms with E-state index in [1.54, 1.807) is 24.3 Å². The van der Waals surface area contributed by atoms with Crippen molar-refractivity contribution in [3.05, 3.63) is 60.7 Å². The number of para-hydroxylation sites is 2. The molecule has 2 rings (SSSR count). The van der Waals surface area contributed by atoms with E-state index in [9.17, 15) is 4.57 Å². The van der Waals surface area contributed by atoms with Gasteiger partial charge in [-0.3, -0.25) is 0 Å². The highest BCUT2D eigenvalue weighted by atomic mass is 31.2. The molecule has 0 atom stereocenters. The summed E-state index contributed by atoms with van der Waals surface area (Å²) >= 11 is 0. The minimum absolute atomic E-state index is 0.506. The summed E-state index contributed by atoms with van der Waals surface area (Å²) in [5.74, 6) is 1.01. The molecule has 0 spiro atoms. The molecule has 1 N–H and O–H groups in total. The molecule has 0 heterocycles. The second kappa shape index (κ2) is 8.73. The van der Waals surface area contributed by atoms with Gasteiger partial charge >= 0.3 is 7.75 Å². The molecule has 0 fully saturated rings. The Morgan fingerprint density at radius 2 is 1.39 bits per heavy atom. The molecule has 0 aromatic heterocycles. The normalized spacial score (nSPS) is 11.4. The van der Waals surface area contributed by atoms with Crippen LogP contribution in [0.15, 0.2) is 60.7 Å². The summed E-state index contributed by atoms with van der Waals surface area (Å²) in [6.45, 7) is 1.43. The van der Waals surface area contributed by atoms with Crippen molar-refractivity contribution in [2.24, 2.45) is 0 Å². The van der Waals surface area contributed by atoms with E-state index in [0.29, 0.717) is 18.0 Å². The molecule has 23 heavy (non-hydrogen) atoms. The quantitative estimate of drug-likeness (QED) is 0.558. The van der Waals surface area contributed by atoms with Crippen LogP contribution >= 0.6 is 7.75 Å². The molecular formula is C17H23N2O3P. The smallest absolute Gasteiger partial charge is 0.405 e. The van der Waals surface area contributed by atoms with Crippen molar-refractivity contribution in [3.8, 4) is 11.5 Å². The van der Waals surface area contributed by atoms with E-state index in [-0.39, 0.29) is 0 Å². The molecular weight excluding hydrogens is 311 g/mol. The second-order valence-corrected chi connectivity index (χ2v) is 7.05. The van der Waals surface area contributed by atoms with E-state index in [1.807, 2.05) is 50.5 Å². The summed E-state index contributed by atoms with van der Waals surface area (Å²) in [5, 5.41) is 2.93. The van der Waals surface area contributed by atoms with E-state index >= 15 is 0 Å². The highest BCUT2D eigenvalue weighted by molar-refractivity contribution is 7.52. The lowest BCUT2D eigenvalue weighted by atomic mass is 10.3. The van der Waals surface area contributed by atoms with Gasteiger partial charge in [-0.15, -0.1) is 0 Å². The SMILES string of the molecule is CN(C)CCCNP(=O)(Oc1ccccc1)Oc1ccccc1. The van der Waals surface area contributed by atoms with Gasteiger partial charge in [-0.1, -0.05) is 36.4 Å². The fraction of sp³-hybridized carbons (Fsp3) is 0.294. The minimum atomic E-state index is -3.49. The molecule has 0 saturated carbocycles. The van der Waals surface area contributed by atoms with Crippen molar-refractivity contribution in [3.63, 3.8) is 0 Å². The molecule has 0 aliphatic carbocycles. The third kappa shape index (κ3) is 6.45. The minimum Gasteiger partial charge on any atom is -0.405 e. The molecule has 124 valence electrons. The van der Waals surface area contributed by atoms with E-state index in [0.717, 1.165) is 13.0 Å². The van der Waals surface area contributed by atoms with E-state index in [1.165, 1.54) is 0 Å². The summed E-state index contributed by atoms with van der Waals surface area (Å²) in [5.41, 5.74) is 0. The van der Waals surface area contributed by atoms with Crippen LogP contribution in [0.1, 0.15) is 6.42 Å². The molecule has 0 saturated heterocycles. The summed E-state index contributed by atoms with van der Waals surface area (Å²) in [6.07, 6.45) is 0.841. The fourth-order valence-electron chi connectivity index (χ4n) is 1.93. The number of benzene rings is 2. The van der Waals surface area contributed by atoms with Gasteiger partial charge in [0.2, 0.25) is 0 Å². The van der Waals surface area contributed by atoms with E-state index in [4.69, 9.17) is 9.05 Å². The van der Waals surface area contributed by atoms with Gasteiger partial charge in [0.25, 0.3) is 0 Å². The average molecular weight is 334 g/mol. The van der Waals surface area contributed by atoms with Crippen LogP contribution in [0.4, 0.5) is 0 Å². The Kier molecular flexibility index (Phi) is 6.66. The third-order valence-electron chi connectivity index (χ3n) is 3.03. The Morgan fingerprint density at radius 1 is 0.913 bits per heavy atom. The van der Waals surface area contributed by atoms with Crippen LogP contribution in [0.5, 0.6) is 11.5 Å².